The molecule has 0 aliphatic carbocycles. The van der Waals surface area contributed by atoms with E-state index in [9.17, 15) is 9.59 Å². The van der Waals surface area contributed by atoms with Crippen LogP contribution in [0.4, 0.5) is 5.69 Å². The molecule has 0 spiro atoms. The summed E-state index contributed by atoms with van der Waals surface area (Å²) in [6, 6.07) is 18.0. The smallest absolute Gasteiger partial charge is 0.359 e. The van der Waals surface area contributed by atoms with Gasteiger partial charge in [-0.1, -0.05) is 42.5 Å². The molecule has 2 heterocycles. The molecule has 3 aromatic rings. The van der Waals surface area contributed by atoms with Crippen LogP contribution in [0, 0.1) is 0 Å². The number of anilines is 1. The van der Waals surface area contributed by atoms with Gasteiger partial charge in [0.15, 0.2) is 5.69 Å². The summed E-state index contributed by atoms with van der Waals surface area (Å²) < 4.78 is 7.24. The average Bonchev–Trinajstić information content (AvgIpc) is 3.13. The third-order valence-corrected chi connectivity index (χ3v) is 5.54. The first-order valence-electron chi connectivity index (χ1n) is 10.9. The van der Waals surface area contributed by atoms with Crippen LogP contribution in [-0.2, 0) is 35.6 Å². The Bertz CT molecular complexity index is 1090. The zero-order valence-corrected chi connectivity index (χ0v) is 18.5. The maximum Gasteiger partial charge on any atom is 0.359 e. The fraction of sp³-hybridized carbons (Fsp3) is 0.320. The van der Waals surface area contributed by atoms with Gasteiger partial charge < -0.3 is 10.1 Å². The first-order valence-corrected chi connectivity index (χ1v) is 10.9. The number of hydrogen-bond donors (Lipinski definition) is 1. The minimum atomic E-state index is -0.364. The molecule has 0 saturated heterocycles. The predicted octanol–water partition coefficient (Wildman–Crippen LogP) is 3.62. The minimum absolute atomic E-state index is 0.0830. The van der Waals surface area contributed by atoms with Crippen LogP contribution in [0.2, 0.25) is 0 Å². The lowest BCUT2D eigenvalue weighted by atomic mass is 10.0. The molecule has 0 bridgehead atoms. The van der Waals surface area contributed by atoms with E-state index in [2.05, 4.69) is 27.4 Å². The summed E-state index contributed by atoms with van der Waals surface area (Å²) in [6.07, 6.45) is 0.818. The van der Waals surface area contributed by atoms with Gasteiger partial charge in [0.1, 0.15) is 0 Å². The number of esters is 1. The summed E-state index contributed by atoms with van der Waals surface area (Å²) in [5.74, 6) is -0.447. The van der Waals surface area contributed by atoms with Gasteiger partial charge in [-0.2, -0.15) is 5.10 Å². The highest BCUT2D eigenvalue weighted by molar-refractivity contribution is 5.89. The van der Waals surface area contributed by atoms with Gasteiger partial charge >= 0.3 is 5.97 Å². The highest BCUT2D eigenvalue weighted by Crippen LogP contribution is 2.26. The summed E-state index contributed by atoms with van der Waals surface area (Å²) in [6.45, 7) is 6.54. The summed E-state index contributed by atoms with van der Waals surface area (Å²) >= 11 is 0. The van der Waals surface area contributed by atoms with Crippen molar-refractivity contribution in [1.82, 2.24) is 14.7 Å². The third-order valence-electron chi connectivity index (χ3n) is 5.54. The van der Waals surface area contributed by atoms with E-state index in [-0.39, 0.29) is 11.9 Å². The molecular formula is C25H28N4O3. The number of nitrogens with zero attached hydrogens (tertiary/aromatic N) is 3. The van der Waals surface area contributed by atoms with Crippen molar-refractivity contribution in [3.05, 3.63) is 82.7 Å². The molecule has 2 aromatic carbocycles. The number of amides is 1. The van der Waals surface area contributed by atoms with Gasteiger partial charge in [0.2, 0.25) is 5.91 Å². The van der Waals surface area contributed by atoms with E-state index in [0.29, 0.717) is 25.4 Å². The van der Waals surface area contributed by atoms with E-state index in [4.69, 9.17) is 4.74 Å². The van der Waals surface area contributed by atoms with Crippen molar-refractivity contribution in [3.63, 3.8) is 0 Å². The van der Waals surface area contributed by atoms with E-state index >= 15 is 0 Å². The van der Waals surface area contributed by atoms with E-state index < -0.39 is 0 Å². The van der Waals surface area contributed by atoms with Gasteiger partial charge in [-0.3, -0.25) is 14.4 Å². The predicted molar refractivity (Wildman–Crippen MR) is 122 cm³/mol. The Hall–Kier alpha value is -3.45. The zero-order valence-electron chi connectivity index (χ0n) is 18.5. The molecule has 166 valence electrons. The van der Waals surface area contributed by atoms with Crippen LogP contribution in [0.5, 0.6) is 0 Å². The monoisotopic (exact) mass is 432 g/mol. The first-order chi connectivity index (χ1) is 15.5. The van der Waals surface area contributed by atoms with Crippen LogP contribution in [0.1, 0.15) is 46.7 Å². The number of aromatic nitrogens is 2. The number of fused-ring (bicyclic) bond motifs is 1. The Kier molecular flexibility index (Phi) is 6.66. The average molecular weight is 433 g/mol. The molecule has 7 heteroatoms. The Labute approximate surface area is 188 Å². The summed E-state index contributed by atoms with van der Waals surface area (Å²) in [4.78, 5) is 26.2. The van der Waals surface area contributed by atoms with Crippen molar-refractivity contribution in [2.24, 2.45) is 0 Å². The summed E-state index contributed by atoms with van der Waals surface area (Å²) in [5.41, 5.74) is 5.57. The van der Waals surface area contributed by atoms with Crippen LogP contribution in [0.3, 0.4) is 0 Å². The lowest BCUT2D eigenvalue weighted by Crippen LogP contribution is -2.31. The van der Waals surface area contributed by atoms with Crippen molar-refractivity contribution in [2.45, 2.75) is 39.9 Å². The highest BCUT2D eigenvalue weighted by atomic mass is 16.5. The quantitative estimate of drug-likeness (QED) is 0.577. The molecule has 4 rings (SSSR count). The fourth-order valence-electron chi connectivity index (χ4n) is 4.09. The minimum Gasteiger partial charge on any atom is -0.461 e. The Morgan fingerprint density at radius 1 is 1.03 bits per heavy atom. The van der Waals surface area contributed by atoms with E-state index in [0.717, 1.165) is 47.6 Å². The van der Waals surface area contributed by atoms with Gasteiger partial charge in [-0.15, -0.1) is 0 Å². The number of ether oxygens (including phenoxy) is 1. The lowest BCUT2D eigenvalue weighted by molar-refractivity contribution is -0.114. The summed E-state index contributed by atoms with van der Waals surface area (Å²) in [5, 5.41) is 7.45. The SMILES string of the molecule is CCOC(=O)c1nn(Cc2ccccc2)c2c1CN(Cc1ccc(NC(C)=O)cc1)CC2. The van der Waals surface area contributed by atoms with Gasteiger partial charge in [-0.25, -0.2) is 4.79 Å². The van der Waals surface area contributed by atoms with Crippen LogP contribution >= 0.6 is 0 Å². The Balaban J connectivity index is 1.54. The van der Waals surface area contributed by atoms with Gasteiger partial charge in [0.05, 0.1) is 13.2 Å². The van der Waals surface area contributed by atoms with Crippen molar-refractivity contribution in [3.8, 4) is 0 Å². The van der Waals surface area contributed by atoms with Crippen molar-refractivity contribution in [2.75, 3.05) is 18.5 Å². The van der Waals surface area contributed by atoms with Crippen molar-refractivity contribution < 1.29 is 14.3 Å². The van der Waals surface area contributed by atoms with Gasteiger partial charge in [-0.05, 0) is 30.2 Å². The molecule has 1 aliphatic heterocycles. The van der Waals surface area contributed by atoms with Crippen LogP contribution in [0.15, 0.2) is 54.6 Å². The summed E-state index contributed by atoms with van der Waals surface area (Å²) in [7, 11) is 0. The largest absolute Gasteiger partial charge is 0.461 e. The third kappa shape index (κ3) is 5.06. The second-order valence-electron chi connectivity index (χ2n) is 7.98. The Morgan fingerprint density at radius 2 is 1.75 bits per heavy atom. The molecule has 0 radical (unpaired) electrons. The lowest BCUT2D eigenvalue weighted by Gasteiger charge is -2.27. The molecule has 7 nitrogen and oxygen atoms in total. The molecule has 1 aliphatic rings. The van der Waals surface area contributed by atoms with E-state index in [1.807, 2.05) is 54.1 Å². The molecule has 0 atom stereocenters. The second kappa shape index (κ2) is 9.78. The molecule has 1 aromatic heterocycles. The molecule has 1 amide bonds. The number of benzene rings is 2. The maximum atomic E-state index is 12.6. The fourth-order valence-corrected chi connectivity index (χ4v) is 4.09. The standard InChI is InChI=1S/C25H28N4O3/c1-3-32-25(31)24-22-17-28(15-20-9-11-21(12-10-20)26-18(2)30)14-13-23(22)29(27-24)16-19-7-5-4-6-8-19/h4-12H,3,13-17H2,1-2H3,(H,26,30). The van der Waals surface area contributed by atoms with E-state index in [1.54, 1.807) is 0 Å². The first kappa shape index (κ1) is 21.8. The normalized spacial score (nSPS) is 13.4. The maximum absolute atomic E-state index is 12.6. The molecular weight excluding hydrogens is 404 g/mol. The Morgan fingerprint density at radius 3 is 2.44 bits per heavy atom. The molecule has 0 saturated carbocycles. The molecule has 32 heavy (non-hydrogen) atoms. The molecule has 1 N–H and O–H groups in total. The highest BCUT2D eigenvalue weighted by Gasteiger charge is 2.29. The number of carbonyl (C=O) groups is 2. The van der Waals surface area contributed by atoms with Crippen LogP contribution < -0.4 is 5.32 Å². The topological polar surface area (TPSA) is 76.5 Å². The van der Waals surface area contributed by atoms with Crippen molar-refractivity contribution >= 4 is 17.6 Å². The van der Waals surface area contributed by atoms with Crippen LogP contribution in [-0.4, -0.2) is 39.7 Å². The van der Waals surface area contributed by atoms with Gasteiger partial charge in [0.25, 0.3) is 0 Å². The van der Waals surface area contributed by atoms with E-state index in [1.165, 1.54) is 6.92 Å². The number of hydrogen-bond acceptors (Lipinski definition) is 5. The molecule has 0 fully saturated rings. The number of carbonyl (C=O) groups excluding carboxylic acids is 2. The van der Waals surface area contributed by atoms with Crippen molar-refractivity contribution in [1.29, 1.82) is 0 Å². The second-order valence-corrected chi connectivity index (χ2v) is 7.98. The number of rotatable bonds is 7. The molecule has 0 unspecified atom stereocenters. The van der Waals surface area contributed by atoms with Gasteiger partial charge in [0, 0.05) is 49.9 Å². The zero-order chi connectivity index (χ0) is 22.5. The number of nitrogens with one attached hydrogen (secondary N) is 1. The van der Waals surface area contributed by atoms with Crippen LogP contribution in [0.25, 0.3) is 0 Å².